The third-order valence-corrected chi connectivity index (χ3v) is 6.81. The van der Waals surface area contributed by atoms with E-state index in [9.17, 15) is 14.4 Å². The quantitative estimate of drug-likeness (QED) is 0.356. The standard InChI is InChI=1S/C27H23N3O4S/c1-18(31)30(22-10-3-2-4-11-22)27-28-21(17-35-27)16-34-26(33)20-14-25(32)29(15-20)24-13-7-9-19-8-5-6-12-23(19)24/h2-13,17,20H,14-16H2,1H3/t20-/m0/s1. The number of hydrogen-bond acceptors (Lipinski definition) is 6. The van der Waals surface area contributed by atoms with E-state index in [-0.39, 0.29) is 31.4 Å². The molecule has 1 fully saturated rings. The SMILES string of the molecule is CC(=O)N(c1ccccc1)c1nc(COC(=O)[C@H]2CC(=O)N(c3cccc4ccccc34)C2)cs1. The first kappa shape index (κ1) is 22.7. The lowest BCUT2D eigenvalue weighted by molar-refractivity contribution is -0.149. The van der Waals surface area contributed by atoms with Crippen molar-refractivity contribution in [3.05, 3.63) is 83.9 Å². The van der Waals surface area contributed by atoms with Gasteiger partial charge in [-0.05, 0) is 23.6 Å². The molecule has 0 aliphatic carbocycles. The Hall–Kier alpha value is -4.04. The van der Waals surface area contributed by atoms with E-state index in [1.807, 2.05) is 72.8 Å². The molecule has 7 nitrogen and oxygen atoms in total. The maximum absolute atomic E-state index is 12.8. The number of nitrogens with zero attached hydrogens (tertiary/aromatic N) is 3. The molecule has 2 amide bonds. The molecule has 0 radical (unpaired) electrons. The minimum atomic E-state index is -0.544. The third-order valence-electron chi connectivity index (χ3n) is 5.94. The molecule has 1 atom stereocenters. The van der Waals surface area contributed by atoms with Gasteiger partial charge in [0.2, 0.25) is 11.8 Å². The van der Waals surface area contributed by atoms with Gasteiger partial charge >= 0.3 is 5.97 Å². The molecule has 176 valence electrons. The number of hydrogen-bond donors (Lipinski definition) is 0. The second-order valence-electron chi connectivity index (χ2n) is 8.32. The number of thiazole rings is 1. The number of carbonyl (C=O) groups excluding carboxylic acids is 3. The number of esters is 1. The van der Waals surface area contributed by atoms with Crippen LogP contribution in [0.5, 0.6) is 0 Å². The van der Waals surface area contributed by atoms with Crippen LogP contribution in [0, 0.1) is 5.92 Å². The highest BCUT2D eigenvalue weighted by Crippen LogP contribution is 2.33. The Kier molecular flexibility index (Phi) is 6.29. The normalized spacial score (nSPS) is 15.4. The molecule has 1 aromatic heterocycles. The number of rotatable bonds is 6. The van der Waals surface area contributed by atoms with Crippen LogP contribution in [0.1, 0.15) is 19.0 Å². The summed E-state index contributed by atoms with van der Waals surface area (Å²) in [5.41, 5.74) is 2.07. The molecule has 0 N–H and O–H groups in total. The van der Waals surface area contributed by atoms with Crippen LogP contribution in [0.15, 0.2) is 78.2 Å². The van der Waals surface area contributed by atoms with Crippen molar-refractivity contribution in [2.24, 2.45) is 5.92 Å². The number of amides is 2. The van der Waals surface area contributed by atoms with Crippen LogP contribution in [0.3, 0.4) is 0 Å². The van der Waals surface area contributed by atoms with E-state index in [0.717, 1.165) is 22.1 Å². The summed E-state index contributed by atoms with van der Waals surface area (Å²) in [7, 11) is 0. The van der Waals surface area contributed by atoms with Gasteiger partial charge in [-0.1, -0.05) is 54.6 Å². The fourth-order valence-corrected chi connectivity index (χ4v) is 5.15. The van der Waals surface area contributed by atoms with E-state index >= 15 is 0 Å². The lowest BCUT2D eigenvalue weighted by Gasteiger charge is -2.19. The zero-order chi connectivity index (χ0) is 24.4. The molecule has 1 aliphatic heterocycles. The van der Waals surface area contributed by atoms with Gasteiger partial charge in [-0.3, -0.25) is 19.3 Å². The first-order chi connectivity index (χ1) is 17.0. The average molecular weight is 486 g/mol. The number of aromatic nitrogens is 1. The lowest BCUT2D eigenvalue weighted by Crippen LogP contribution is -2.26. The zero-order valence-corrected chi connectivity index (χ0v) is 19.9. The molecule has 5 rings (SSSR count). The van der Waals surface area contributed by atoms with Crippen molar-refractivity contribution in [3.63, 3.8) is 0 Å². The molecular weight excluding hydrogens is 462 g/mol. The summed E-state index contributed by atoms with van der Waals surface area (Å²) in [6.07, 6.45) is 0.108. The van der Waals surface area contributed by atoms with Crippen LogP contribution in [-0.4, -0.2) is 29.3 Å². The van der Waals surface area contributed by atoms with E-state index in [4.69, 9.17) is 4.74 Å². The minimum Gasteiger partial charge on any atom is -0.459 e. The molecule has 0 saturated carbocycles. The average Bonchev–Trinajstić information content (AvgIpc) is 3.49. The van der Waals surface area contributed by atoms with Gasteiger partial charge in [0.1, 0.15) is 6.61 Å². The zero-order valence-electron chi connectivity index (χ0n) is 19.1. The summed E-state index contributed by atoms with van der Waals surface area (Å²) >= 11 is 1.30. The van der Waals surface area contributed by atoms with Gasteiger partial charge in [0, 0.05) is 30.7 Å². The second kappa shape index (κ2) is 9.68. The van der Waals surface area contributed by atoms with E-state index in [1.165, 1.54) is 23.2 Å². The number of para-hydroxylation sites is 1. The highest BCUT2D eigenvalue weighted by atomic mass is 32.1. The van der Waals surface area contributed by atoms with E-state index in [0.29, 0.717) is 10.8 Å². The molecule has 2 heterocycles. The van der Waals surface area contributed by atoms with Crippen molar-refractivity contribution in [1.29, 1.82) is 0 Å². The van der Waals surface area contributed by atoms with Crippen LogP contribution >= 0.6 is 11.3 Å². The highest BCUT2D eigenvalue weighted by molar-refractivity contribution is 7.14. The molecule has 3 aromatic carbocycles. The van der Waals surface area contributed by atoms with Gasteiger partial charge in [0.25, 0.3) is 0 Å². The van der Waals surface area contributed by atoms with Crippen LogP contribution in [0.25, 0.3) is 10.8 Å². The maximum Gasteiger partial charge on any atom is 0.311 e. The smallest absolute Gasteiger partial charge is 0.311 e. The summed E-state index contributed by atoms with van der Waals surface area (Å²) in [5.74, 6) is -1.23. The van der Waals surface area contributed by atoms with Gasteiger partial charge in [-0.25, -0.2) is 4.98 Å². The topological polar surface area (TPSA) is 79.8 Å². The molecule has 0 bridgehead atoms. The van der Waals surface area contributed by atoms with Gasteiger partial charge in [0.05, 0.1) is 23.0 Å². The maximum atomic E-state index is 12.8. The Morgan fingerprint density at radius 2 is 1.80 bits per heavy atom. The first-order valence-corrected chi connectivity index (χ1v) is 12.1. The molecule has 1 aliphatic rings. The first-order valence-electron chi connectivity index (χ1n) is 11.3. The number of benzene rings is 3. The van der Waals surface area contributed by atoms with Gasteiger partial charge in [0.15, 0.2) is 5.13 Å². The van der Waals surface area contributed by atoms with Crippen LogP contribution < -0.4 is 9.80 Å². The Morgan fingerprint density at radius 3 is 2.60 bits per heavy atom. The van der Waals surface area contributed by atoms with Gasteiger partial charge in [-0.15, -0.1) is 11.3 Å². The number of fused-ring (bicyclic) bond motifs is 1. The van der Waals surface area contributed by atoms with Crippen LogP contribution in [-0.2, 0) is 25.7 Å². The fraction of sp³-hybridized carbons (Fsp3) is 0.185. The molecule has 0 spiro atoms. The summed E-state index contributed by atoms with van der Waals surface area (Å²) in [5, 5.41) is 4.29. The predicted octanol–water partition coefficient (Wildman–Crippen LogP) is 5.08. The second-order valence-corrected chi connectivity index (χ2v) is 9.16. The van der Waals surface area contributed by atoms with Gasteiger partial charge in [-0.2, -0.15) is 0 Å². The number of carbonyl (C=O) groups is 3. The largest absolute Gasteiger partial charge is 0.459 e. The summed E-state index contributed by atoms with van der Waals surface area (Å²) in [6.45, 7) is 1.74. The molecule has 4 aromatic rings. The van der Waals surface area contributed by atoms with Crippen molar-refractivity contribution in [2.75, 3.05) is 16.3 Å². The summed E-state index contributed by atoms with van der Waals surface area (Å²) in [4.78, 5) is 45.4. The van der Waals surface area contributed by atoms with Crippen molar-refractivity contribution >= 4 is 56.4 Å². The van der Waals surface area contributed by atoms with E-state index in [2.05, 4.69) is 4.98 Å². The lowest BCUT2D eigenvalue weighted by atomic mass is 10.1. The van der Waals surface area contributed by atoms with Crippen molar-refractivity contribution in [2.45, 2.75) is 20.0 Å². The Morgan fingerprint density at radius 1 is 1.06 bits per heavy atom. The number of ether oxygens (including phenoxy) is 1. The van der Waals surface area contributed by atoms with Crippen LogP contribution in [0.2, 0.25) is 0 Å². The van der Waals surface area contributed by atoms with E-state index in [1.54, 1.807) is 10.3 Å². The highest BCUT2D eigenvalue weighted by Gasteiger charge is 2.36. The Labute approximate surface area is 206 Å². The minimum absolute atomic E-state index is 0.0190. The fourth-order valence-electron chi connectivity index (χ4n) is 4.27. The predicted molar refractivity (Wildman–Crippen MR) is 136 cm³/mol. The molecule has 1 saturated heterocycles. The molecule has 8 heteroatoms. The van der Waals surface area contributed by atoms with Crippen molar-refractivity contribution < 1.29 is 19.1 Å². The molecular formula is C27H23N3O4S. The molecule has 0 unspecified atom stereocenters. The van der Waals surface area contributed by atoms with E-state index < -0.39 is 11.9 Å². The van der Waals surface area contributed by atoms with Crippen molar-refractivity contribution in [3.8, 4) is 0 Å². The monoisotopic (exact) mass is 485 g/mol. The summed E-state index contributed by atoms with van der Waals surface area (Å²) < 4.78 is 5.51. The third kappa shape index (κ3) is 4.65. The number of anilines is 3. The van der Waals surface area contributed by atoms with Gasteiger partial charge < -0.3 is 9.64 Å². The summed E-state index contributed by atoms with van der Waals surface area (Å²) in [6, 6.07) is 22.9. The van der Waals surface area contributed by atoms with Crippen LogP contribution in [0.4, 0.5) is 16.5 Å². The Bertz CT molecular complexity index is 1400. The van der Waals surface area contributed by atoms with Crippen molar-refractivity contribution in [1.82, 2.24) is 4.98 Å². The Balaban J connectivity index is 1.25. The molecule has 35 heavy (non-hydrogen) atoms.